The molecule has 92 valence electrons. The zero-order chi connectivity index (χ0) is 12.7. The molecule has 0 aromatic heterocycles. The summed E-state index contributed by atoms with van der Waals surface area (Å²) in [6, 6.07) is -0.791. The summed E-state index contributed by atoms with van der Waals surface area (Å²) in [6.45, 7) is 2.46. The van der Waals surface area contributed by atoms with Gasteiger partial charge in [-0.05, 0) is 13.8 Å². The van der Waals surface area contributed by atoms with Crippen LogP contribution in [0.4, 0.5) is 4.79 Å². The molecule has 0 spiro atoms. The minimum atomic E-state index is -4.22. The Labute approximate surface area is 97.8 Å². The van der Waals surface area contributed by atoms with Crippen LogP contribution in [0.2, 0.25) is 0 Å². The number of hydrogen-bond donors (Lipinski definition) is 1. The first-order valence-electron chi connectivity index (χ1n) is 4.34. The fourth-order valence-corrected chi connectivity index (χ4v) is 1.83. The molecule has 0 saturated carbocycles. The molecule has 0 bridgehead atoms. The van der Waals surface area contributed by atoms with Crippen molar-refractivity contribution in [2.45, 2.75) is 19.4 Å². The molecule has 0 unspecified atom stereocenters. The predicted molar refractivity (Wildman–Crippen MR) is 55.3 cm³/mol. The van der Waals surface area contributed by atoms with Crippen LogP contribution in [0, 0.1) is 0 Å². The van der Waals surface area contributed by atoms with E-state index in [0.717, 1.165) is 0 Å². The van der Waals surface area contributed by atoms with Gasteiger partial charge in [0.25, 0.3) is 16.0 Å². The minimum absolute atomic E-state index is 0.414. The van der Waals surface area contributed by atoms with Crippen LogP contribution in [0.5, 0.6) is 0 Å². The second-order valence-corrected chi connectivity index (χ2v) is 5.78. The number of rotatable bonds is 3. The van der Waals surface area contributed by atoms with E-state index in [1.54, 1.807) is 0 Å². The molecule has 0 aliphatic carbocycles. The van der Waals surface area contributed by atoms with E-state index in [4.69, 9.17) is 16.3 Å². The Kier molecular flexibility index (Phi) is 3.19. The SMILES string of the molecule is CC1(C)C(=O)N(CCS(=O)(=O)O)C(=O)N1Cl. The van der Waals surface area contributed by atoms with Gasteiger partial charge in [0.05, 0.1) is 5.75 Å². The summed E-state index contributed by atoms with van der Waals surface area (Å²) in [5, 5.41) is 0. The molecular formula is C7H11ClN2O5S. The van der Waals surface area contributed by atoms with E-state index in [-0.39, 0.29) is 0 Å². The zero-order valence-electron chi connectivity index (χ0n) is 8.68. The highest BCUT2D eigenvalue weighted by atomic mass is 35.5. The monoisotopic (exact) mass is 270 g/mol. The molecule has 0 atom stereocenters. The fourth-order valence-electron chi connectivity index (χ4n) is 1.25. The number of carbonyl (C=O) groups is 2. The highest BCUT2D eigenvalue weighted by molar-refractivity contribution is 7.85. The maximum Gasteiger partial charge on any atom is 0.342 e. The largest absolute Gasteiger partial charge is 0.342 e. The molecule has 16 heavy (non-hydrogen) atoms. The number of carbonyl (C=O) groups excluding carboxylic acids is 2. The minimum Gasteiger partial charge on any atom is -0.285 e. The van der Waals surface area contributed by atoms with Gasteiger partial charge in [0, 0.05) is 18.3 Å². The van der Waals surface area contributed by atoms with Crippen LogP contribution >= 0.6 is 11.8 Å². The van der Waals surface area contributed by atoms with Crippen LogP contribution in [0.15, 0.2) is 0 Å². The van der Waals surface area contributed by atoms with E-state index in [1.807, 2.05) is 0 Å². The molecule has 1 rings (SSSR count). The Bertz CT molecular complexity index is 432. The third-order valence-corrected chi connectivity index (χ3v) is 3.50. The lowest BCUT2D eigenvalue weighted by atomic mass is 10.1. The van der Waals surface area contributed by atoms with Gasteiger partial charge < -0.3 is 0 Å². The smallest absolute Gasteiger partial charge is 0.285 e. The summed E-state index contributed by atoms with van der Waals surface area (Å²) in [4.78, 5) is 23.8. The maximum absolute atomic E-state index is 11.7. The maximum atomic E-state index is 11.7. The van der Waals surface area contributed by atoms with Crippen molar-refractivity contribution < 1.29 is 22.6 Å². The zero-order valence-corrected chi connectivity index (χ0v) is 10.2. The van der Waals surface area contributed by atoms with Gasteiger partial charge in [-0.25, -0.2) is 9.21 Å². The van der Waals surface area contributed by atoms with Gasteiger partial charge in [0.1, 0.15) is 5.54 Å². The molecule has 1 N–H and O–H groups in total. The molecule has 1 fully saturated rings. The molecule has 1 aliphatic rings. The van der Waals surface area contributed by atoms with Crippen molar-refractivity contribution in [3.63, 3.8) is 0 Å². The van der Waals surface area contributed by atoms with E-state index >= 15 is 0 Å². The van der Waals surface area contributed by atoms with Crippen molar-refractivity contribution in [2.24, 2.45) is 0 Å². The quantitative estimate of drug-likeness (QED) is 0.445. The number of hydrogen-bond acceptors (Lipinski definition) is 4. The van der Waals surface area contributed by atoms with Gasteiger partial charge in [-0.2, -0.15) is 8.42 Å². The standard InChI is InChI=1S/C7H11ClN2O5S/c1-7(2)5(11)9(6(12)10(7)8)3-4-16(13,14)15/h3-4H2,1-2H3,(H,13,14,15). The van der Waals surface area contributed by atoms with Crippen LogP contribution in [0.1, 0.15) is 13.8 Å². The topological polar surface area (TPSA) is 95.0 Å². The Morgan fingerprint density at radius 3 is 2.19 bits per heavy atom. The summed E-state index contributed by atoms with van der Waals surface area (Å²) >= 11 is 5.60. The summed E-state index contributed by atoms with van der Waals surface area (Å²) in [7, 11) is -4.22. The van der Waals surface area contributed by atoms with E-state index in [1.165, 1.54) is 13.8 Å². The molecule has 9 heteroatoms. The predicted octanol–water partition coefficient (Wildman–Crippen LogP) is 0.0708. The van der Waals surface area contributed by atoms with Crippen molar-refractivity contribution in [1.82, 2.24) is 9.32 Å². The lowest BCUT2D eigenvalue weighted by Crippen LogP contribution is -2.40. The first-order chi connectivity index (χ1) is 7.07. The van der Waals surface area contributed by atoms with Crippen molar-refractivity contribution in [2.75, 3.05) is 12.3 Å². The second kappa shape index (κ2) is 3.86. The van der Waals surface area contributed by atoms with Crippen LogP contribution in [0.3, 0.4) is 0 Å². The van der Waals surface area contributed by atoms with Gasteiger partial charge in [-0.3, -0.25) is 14.2 Å². The molecule has 7 nitrogen and oxygen atoms in total. The van der Waals surface area contributed by atoms with Gasteiger partial charge >= 0.3 is 6.03 Å². The molecule has 0 aromatic rings. The fraction of sp³-hybridized carbons (Fsp3) is 0.714. The third-order valence-electron chi connectivity index (χ3n) is 2.23. The highest BCUT2D eigenvalue weighted by Gasteiger charge is 2.51. The molecule has 0 radical (unpaired) electrons. The summed E-state index contributed by atoms with van der Waals surface area (Å²) in [6.07, 6.45) is 0. The number of imide groups is 1. The van der Waals surface area contributed by atoms with Crippen molar-refractivity contribution in [3.8, 4) is 0 Å². The molecule has 1 heterocycles. The molecular weight excluding hydrogens is 260 g/mol. The van der Waals surface area contributed by atoms with Gasteiger partial charge in [0.2, 0.25) is 0 Å². The number of halogens is 1. The second-order valence-electron chi connectivity index (χ2n) is 3.87. The summed E-state index contributed by atoms with van der Waals surface area (Å²) in [5.74, 6) is -1.30. The first kappa shape index (κ1) is 13.2. The first-order valence-corrected chi connectivity index (χ1v) is 6.29. The number of amides is 3. The van der Waals surface area contributed by atoms with E-state index in [9.17, 15) is 18.0 Å². The van der Waals surface area contributed by atoms with Crippen LogP contribution in [-0.2, 0) is 14.9 Å². The lowest BCUT2D eigenvalue weighted by Gasteiger charge is -2.19. The molecule has 0 aromatic carbocycles. The average molecular weight is 271 g/mol. The van der Waals surface area contributed by atoms with E-state index < -0.39 is 39.9 Å². The third kappa shape index (κ3) is 2.28. The molecule has 1 saturated heterocycles. The van der Waals surface area contributed by atoms with Gasteiger partial charge in [-0.15, -0.1) is 0 Å². The van der Waals surface area contributed by atoms with Crippen LogP contribution < -0.4 is 0 Å². The van der Waals surface area contributed by atoms with Crippen molar-refractivity contribution in [3.05, 3.63) is 0 Å². The Balaban J connectivity index is 2.84. The van der Waals surface area contributed by atoms with Crippen LogP contribution in [0.25, 0.3) is 0 Å². The molecule has 3 amide bonds. The summed E-state index contributed by atoms with van der Waals surface area (Å²) in [5.41, 5.74) is -1.21. The highest BCUT2D eigenvalue weighted by Crippen LogP contribution is 2.29. The average Bonchev–Trinajstić information content (AvgIpc) is 2.26. The van der Waals surface area contributed by atoms with E-state index in [0.29, 0.717) is 9.32 Å². The normalized spacial score (nSPS) is 20.8. The van der Waals surface area contributed by atoms with Gasteiger partial charge in [-0.1, -0.05) is 0 Å². The Hall–Kier alpha value is -0.860. The Morgan fingerprint density at radius 1 is 1.38 bits per heavy atom. The molecule has 1 aliphatic heterocycles. The van der Waals surface area contributed by atoms with Crippen molar-refractivity contribution in [1.29, 1.82) is 0 Å². The van der Waals surface area contributed by atoms with E-state index in [2.05, 4.69) is 0 Å². The number of nitrogens with zero attached hydrogens (tertiary/aromatic N) is 2. The van der Waals surface area contributed by atoms with Crippen molar-refractivity contribution >= 4 is 33.8 Å². The van der Waals surface area contributed by atoms with Crippen LogP contribution in [-0.4, -0.2) is 52.1 Å². The Morgan fingerprint density at radius 2 is 1.88 bits per heavy atom. The number of urea groups is 1. The summed E-state index contributed by atoms with van der Waals surface area (Å²) < 4.78 is 30.2. The van der Waals surface area contributed by atoms with Gasteiger partial charge in [0.15, 0.2) is 0 Å². The lowest BCUT2D eigenvalue weighted by molar-refractivity contribution is -0.130.